The van der Waals surface area contributed by atoms with Crippen molar-refractivity contribution in [1.29, 1.82) is 0 Å². The number of para-hydroxylation sites is 2. The van der Waals surface area contributed by atoms with E-state index in [-0.39, 0.29) is 85.8 Å². The van der Waals surface area contributed by atoms with Gasteiger partial charge in [0.1, 0.15) is 27.0 Å². The average Bonchev–Trinajstić information content (AvgIpc) is 4.43. The van der Waals surface area contributed by atoms with Gasteiger partial charge in [-0.3, -0.25) is 37.4 Å². The minimum atomic E-state index is -4.39. The molecular formula is C59H66Br2N8O9S. The number of pyridine rings is 2. The van der Waals surface area contributed by atoms with Gasteiger partial charge in [0.05, 0.1) is 22.6 Å². The van der Waals surface area contributed by atoms with Crippen LogP contribution in [0.1, 0.15) is 84.2 Å². The highest BCUT2D eigenvalue weighted by Gasteiger charge is 2.34. The smallest absolute Gasteiger partial charge is 0.339 e. The van der Waals surface area contributed by atoms with Crippen LogP contribution in [-0.2, 0) is 24.2 Å². The first-order chi connectivity index (χ1) is 35.8. The summed E-state index contributed by atoms with van der Waals surface area (Å²) in [5, 5.41) is 3.44. The van der Waals surface area contributed by atoms with Crippen molar-refractivity contribution in [3.05, 3.63) is 221 Å². The Morgan fingerprint density at radius 3 is 1.35 bits per heavy atom. The molecule has 2 aliphatic rings. The van der Waals surface area contributed by atoms with Crippen molar-refractivity contribution >= 4 is 81.1 Å². The SMILES string of the molecule is C.C.C.C.Cc1c(Nc2ccccc2)c2c(=O)n(C3CC3)c(=O)n(-c3ccc(Br)cc3)c2n(C)c1=O.Cc1ccc(S(=O)(=O)Oc2c(C)c(=O)n(C)c3c2c(=O)n(C2CC2)c(=O)n3-c2ccc(Br)cc2)cc1.Nc1ccccc1. The summed E-state index contributed by atoms with van der Waals surface area (Å²) in [6, 6.07) is 38.5. The van der Waals surface area contributed by atoms with Crippen LogP contribution in [-0.4, -0.2) is 35.8 Å². The van der Waals surface area contributed by atoms with E-state index in [0.717, 1.165) is 43.3 Å². The van der Waals surface area contributed by atoms with Gasteiger partial charge < -0.3 is 15.2 Å². The Morgan fingerprint density at radius 1 is 0.532 bits per heavy atom. The zero-order valence-corrected chi connectivity index (χ0v) is 45.3. The van der Waals surface area contributed by atoms with Crippen molar-refractivity contribution in [3.63, 3.8) is 0 Å². The van der Waals surface area contributed by atoms with Gasteiger partial charge in [-0.2, -0.15) is 8.42 Å². The number of nitrogens with zero attached hydrogens (tertiary/aromatic N) is 6. The molecule has 2 saturated carbocycles. The molecule has 5 aromatic carbocycles. The molecule has 20 heteroatoms. The van der Waals surface area contributed by atoms with Crippen LogP contribution in [0.25, 0.3) is 33.4 Å². The summed E-state index contributed by atoms with van der Waals surface area (Å²) >= 11 is 6.79. The van der Waals surface area contributed by atoms with Crippen molar-refractivity contribution in [2.45, 2.75) is 93.1 Å². The second-order valence-electron chi connectivity index (χ2n) is 18.3. The molecule has 79 heavy (non-hydrogen) atoms. The van der Waals surface area contributed by atoms with Crippen LogP contribution in [0.15, 0.2) is 176 Å². The van der Waals surface area contributed by atoms with E-state index in [1.165, 1.54) is 48.9 Å². The highest BCUT2D eigenvalue weighted by Crippen LogP contribution is 2.36. The average molecular weight is 1220 g/mol. The quantitative estimate of drug-likeness (QED) is 0.102. The van der Waals surface area contributed by atoms with Crippen molar-refractivity contribution in [2.24, 2.45) is 14.1 Å². The van der Waals surface area contributed by atoms with E-state index in [9.17, 15) is 37.2 Å². The first kappa shape index (κ1) is 62.0. The van der Waals surface area contributed by atoms with Crippen LogP contribution in [0.5, 0.6) is 5.75 Å². The molecule has 0 radical (unpaired) electrons. The predicted octanol–water partition coefficient (Wildman–Crippen LogP) is 11.1. The zero-order valence-electron chi connectivity index (χ0n) is 41.3. The second-order valence-corrected chi connectivity index (χ2v) is 21.7. The van der Waals surface area contributed by atoms with Gasteiger partial charge in [0.15, 0.2) is 5.75 Å². The number of fused-ring (bicyclic) bond motifs is 2. The molecule has 0 spiro atoms. The van der Waals surface area contributed by atoms with E-state index in [4.69, 9.17) is 9.92 Å². The van der Waals surface area contributed by atoms with Crippen LogP contribution < -0.4 is 48.9 Å². The van der Waals surface area contributed by atoms with Gasteiger partial charge in [-0.1, -0.05) is 116 Å². The molecule has 17 nitrogen and oxygen atoms in total. The third-order valence-corrected chi connectivity index (χ3v) is 15.2. The standard InChI is InChI=1S/C25H22BrN3O6S.C24H21BrN4O3.C6H7N.4CH4/c1-14-4-12-19(13-5-14)36(33,34)35-21-15(2)23(30)27(3)22-20(21)24(31)29(18-10-11-18)25(32)28(22)17-8-6-16(26)7-9-17;1-14-20(26-16-6-4-3-5-7-16)19-21(27(2)22(14)30)28(17-10-8-15(25)9-11-17)24(32)29(23(19)31)18-12-13-18;7-6-4-2-1-3-5-6;;;;/h4-9,12-13,18H,10-11H2,1-3H3;3-11,18,26H,12-13H2,1-2H3;1-5H,7H2;4*1H4. The number of hydrogen-bond acceptors (Lipinski definition) is 11. The van der Waals surface area contributed by atoms with Gasteiger partial charge >= 0.3 is 21.5 Å². The lowest BCUT2D eigenvalue weighted by Crippen LogP contribution is -2.41. The fourth-order valence-corrected chi connectivity index (χ4v) is 10.3. The summed E-state index contributed by atoms with van der Waals surface area (Å²) in [5.41, 5.74) is 6.83. The molecule has 0 amide bonds. The van der Waals surface area contributed by atoms with Gasteiger partial charge in [-0.25, -0.2) is 18.7 Å². The van der Waals surface area contributed by atoms with E-state index in [1.807, 2.05) is 79.7 Å². The topological polar surface area (TPSA) is 213 Å². The molecule has 0 unspecified atom stereocenters. The maximum atomic E-state index is 13.7. The number of nitrogens with one attached hydrogen (secondary N) is 1. The Hall–Kier alpha value is -7.81. The molecule has 2 fully saturated rings. The van der Waals surface area contributed by atoms with Crippen molar-refractivity contribution in [3.8, 4) is 17.1 Å². The van der Waals surface area contributed by atoms with E-state index < -0.39 is 32.6 Å². The Bertz CT molecular complexity index is 4190. The molecule has 0 saturated heterocycles. The lowest BCUT2D eigenvalue weighted by Gasteiger charge is -2.20. The summed E-state index contributed by atoms with van der Waals surface area (Å²) < 4.78 is 41.3. The second kappa shape index (κ2) is 24.9. The largest absolute Gasteiger partial charge is 0.399 e. The van der Waals surface area contributed by atoms with Crippen molar-refractivity contribution in [2.75, 3.05) is 11.1 Å². The molecule has 0 atom stereocenters. The Morgan fingerprint density at radius 2 is 0.937 bits per heavy atom. The Balaban J connectivity index is 0.000000248. The number of rotatable bonds is 9. The zero-order chi connectivity index (χ0) is 53.6. The summed E-state index contributed by atoms with van der Waals surface area (Å²) in [5.74, 6) is -0.376. The number of anilines is 3. The fourth-order valence-electron chi connectivity index (χ4n) is 8.75. The molecular weight excluding hydrogens is 1160 g/mol. The Kier molecular flexibility index (Phi) is 19.5. The van der Waals surface area contributed by atoms with Crippen LogP contribution in [0.3, 0.4) is 0 Å². The number of nitrogens with two attached hydrogens (primary N) is 1. The number of halogens is 2. The number of hydrogen-bond donors (Lipinski definition) is 2. The summed E-state index contributed by atoms with van der Waals surface area (Å²) in [4.78, 5) is 80.9. The lowest BCUT2D eigenvalue weighted by atomic mass is 10.1. The van der Waals surface area contributed by atoms with E-state index >= 15 is 0 Å². The number of benzene rings is 5. The first-order valence-electron chi connectivity index (χ1n) is 23.8. The van der Waals surface area contributed by atoms with Crippen LogP contribution in [0.4, 0.5) is 17.1 Å². The molecule has 11 rings (SSSR count). The highest BCUT2D eigenvalue weighted by atomic mass is 79.9. The number of aryl methyl sites for hydroxylation is 3. The molecule has 416 valence electrons. The van der Waals surface area contributed by atoms with Gasteiger partial charge in [0.2, 0.25) is 0 Å². The van der Waals surface area contributed by atoms with Gasteiger partial charge in [0, 0.05) is 52.1 Å². The number of nitrogen functional groups attached to an aromatic ring is 1. The normalized spacial score (nSPS) is 12.5. The maximum Gasteiger partial charge on any atom is 0.339 e. The third kappa shape index (κ3) is 12.3. The summed E-state index contributed by atoms with van der Waals surface area (Å²) in [6.07, 6.45) is 2.85. The predicted molar refractivity (Wildman–Crippen MR) is 326 cm³/mol. The molecule has 3 N–H and O–H groups in total. The summed E-state index contributed by atoms with van der Waals surface area (Å²) in [6.45, 7) is 4.91. The van der Waals surface area contributed by atoms with Crippen LogP contribution in [0.2, 0.25) is 0 Å². The minimum Gasteiger partial charge on any atom is -0.399 e. The first-order valence-corrected chi connectivity index (χ1v) is 26.8. The third-order valence-electron chi connectivity index (χ3n) is 12.9. The van der Waals surface area contributed by atoms with Crippen LogP contribution in [0, 0.1) is 20.8 Å². The molecule has 9 aromatic rings. The van der Waals surface area contributed by atoms with Crippen molar-refractivity contribution in [1.82, 2.24) is 27.4 Å². The fraction of sp³-hybridized carbons (Fsp3) is 0.254. The van der Waals surface area contributed by atoms with E-state index in [2.05, 4.69) is 37.2 Å². The van der Waals surface area contributed by atoms with Crippen molar-refractivity contribution < 1.29 is 12.6 Å². The minimum absolute atomic E-state index is 0. The number of aromatic nitrogens is 6. The molecule has 2 aliphatic carbocycles. The molecule has 0 aliphatic heterocycles. The van der Waals surface area contributed by atoms with E-state index in [0.29, 0.717) is 40.9 Å². The molecule has 0 bridgehead atoms. The lowest BCUT2D eigenvalue weighted by molar-refractivity contribution is 0.484. The molecule has 4 aromatic heterocycles. The maximum absolute atomic E-state index is 13.7. The highest BCUT2D eigenvalue weighted by molar-refractivity contribution is 9.10. The van der Waals surface area contributed by atoms with E-state index in [1.54, 1.807) is 62.5 Å². The monoisotopic (exact) mass is 1220 g/mol. The van der Waals surface area contributed by atoms with Crippen LogP contribution >= 0.6 is 31.9 Å². The molecule has 4 heterocycles. The summed E-state index contributed by atoms with van der Waals surface area (Å²) in [7, 11) is -1.36. The Labute approximate surface area is 475 Å². The van der Waals surface area contributed by atoms with Gasteiger partial charge in [-0.15, -0.1) is 0 Å². The van der Waals surface area contributed by atoms with Gasteiger partial charge in [0.25, 0.3) is 22.2 Å². The van der Waals surface area contributed by atoms with Gasteiger partial charge in [-0.05, 0) is 131 Å².